The van der Waals surface area contributed by atoms with Crippen LogP contribution < -0.4 is 0 Å². The SMILES string of the molecule is CC(C)(C)C(C(=O)O)C(=O)O.[Ba+2].[H-].[H-]. The molecular weight excluding hydrogens is 285 g/mol. The number of hydrogen-bond acceptors (Lipinski definition) is 2. The van der Waals surface area contributed by atoms with Gasteiger partial charge in [-0.3, -0.25) is 9.59 Å². The topological polar surface area (TPSA) is 74.6 Å². The van der Waals surface area contributed by atoms with E-state index in [0.29, 0.717) is 0 Å². The summed E-state index contributed by atoms with van der Waals surface area (Å²) in [5.74, 6) is -3.91. The van der Waals surface area contributed by atoms with Gasteiger partial charge in [0.1, 0.15) is 0 Å². The fourth-order valence-electron chi connectivity index (χ4n) is 0.846. The fourth-order valence-corrected chi connectivity index (χ4v) is 0.846. The molecule has 4 nitrogen and oxygen atoms in total. The molecule has 0 unspecified atom stereocenters. The van der Waals surface area contributed by atoms with Gasteiger partial charge in [-0.25, -0.2) is 0 Å². The molecule has 12 heavy (non-hydrogen) atoms. The Morgan fingerprint density at radius 2 is 1.42 bits per heavy atom. The van der Waals surface area contributed by atoms with Crippen LogP contribution in [0.4, 0.5) is 0 Å². The van der Waals surface area contributed by atoms with Gasteiger partial charge in [0.05, 0.1) is 0 Å². The maximum absolute atomic E-state index is 10.4. The number of carboxylic acids is 2. The molecule has 0 aliphatic rings. The molecule has 0 radical (unpaired) electrons. The zero-order valence-electron chi connectivity index (χ0n) is 9.50. The van der Waals surface area contributed by atoms with Gasteiger partial charge in [-0.2, -0.15) is 0 Å². The van der Waals surface area contributed by atoms with E-state index >= 15 is 0 Å². The predicted octanol–water partition coefficient (Wildman–Crippen LogP) is 0.662. The van der Waals surface area contributed by atoms with Crippen LogP contribution >= 0.6 is 0 Å². The van der Waals surface area contributed by atoms with E-state index in [4.69, 9.17) is 10.2 Å². The molecule has 0 amide bonds. The minimum absolute atomic E-state index is 0. The number of aliphatic carboxylic acids is 2. The second-order valence-corrected chi connectivity index (χ2v) is 3.48. The molecule has 0 aromatic carbocycles. The third-order valence-electron chi connectivity index (χ3n) is 1.36. The van der Waals surface area contributed by atoms with Crippen molar-refractivity contribution in [3.8, 4) is 0 Å². The first-order valence-electron chi connectivity index (χ1n) is 3.22. The van der Waals surface area contributed by atoms with Gasteiger partial charge in [-0.15, -0.1) is 0 Å². The zero-order chi connectivity index (χ0) is 9.23. The Bertz CT molecular complexity index is 177. The van der Waals surface area contributed by atoms with E-state index in [-0.39, 0.29) is 51.7 Å². The van der Waals surface area contributed by atoms with Crippen LogP contribution in [0.3, 0.4) is 0 Å². The molecule has 0 rings (SSSR count). The van der Waals surface area contributed by atoms with Crippen LogP contribution in [-0.4, -0.2) is 71.0 Å². The van der Waals surface area contributed by atoms with E-state index in [1.54, 1.807) is 20.8 Å². The van der Waals surface area contributed by atoms with Crippen molar-refractivity contribution in [2.45, 2.75) is 20.8 Å². The normalized spacial score (nSPS) is 10.7. The molecule has 0 atom stereocenters. The van der Waals surface area contributed by atoms with E-state index in [2.05, 4.69) is 0 Å². The second-order valence-electron chi connectivity index (χ2n) is 3.48. The Hall–Kier alpha value is 0.511. The summed E-state index contributed by atoms with van der Waals surface area (Å²) in [6.07, 6.45) is 0. The molecule has 0 aliphatic carbocycles. The summed E-state index contributed by atoms with van der Waals surface area (Å²) in [6, 6.07) is 0. The Morgan fingerprint density at radius 3 is 1.42 bits per heavy atom. The van der Waals surface area contributed by atoms with Crippen molar-refractivity contribution in [1.29, 1.82) is 0 Å². The van der Waals surface area contributed by atoms with E-state index in [1.165, 1.54) is 0 Å². The molecule has 0 fully saturated rings. The van der Waals surface area contributed by atoms with Crippen LogP contribution in [0.5, 0.6) is 0 Å². The maximum atomic E-state index is 10.4. The van der Waals surface area contributed by atoms with Crippen molar-refractivity contribution < 1.29 is 22.7 Å². The van der Waals surface area contributed by atoms with Gasteiger partial charge >= 0.3 is 60.8 Å². The summed E-state index contributed by atoms with van der Waals surface area (Å²) < 4.78 is 0. The summed E-state index contributed by atoms with van der Waals surface area (Å²) in [7, 11) is 0. The first-order valence-corrected chi connectivity index (χ1v) is 3.22. The molecule has 0 saturated heterocycles. The van der Waals surface area contributed by atoms with E-state index in [9.17, 15) is 9.59 Å². The molecule has 2 N–H and O–H groups in total. The monoisotopic (exact) mass is 300 g/mol. The summed E-state index contributed by atoms with van der Waals surface area (Å²) in [6.45, 7) is 4.75. The first-order chi connectivity index (χ1) is 4.76. The van der Waals surface area contributed by atoms with Gasteiger partial charge in [0.15, 0.2) is 5.92 Å². The van der Waals surface area contributed by atoms with Gasteiger partial charge in [-0.1, -0.05) is 20.8 Å². The molecule has 0 saturated carbocycles. The fraction of sp³-hybridized carbons (Fsp3) is 0.714. The molecule has 0 heterocycles. The molecule has 68 valence electrons. The number of carboxylic acid groups (broad SMARTS) is 2. The maximum Gasteiger partial charge on any atom is 2.00 e. The molecule has 5 heteroatoms. The van der Waals surface area contributed by atoms with Crippen molar-refractivity contribution in [2.75, 3.05) is 0 Å². The Morgan fingerprint density at radius 1 is 1.17 bits per heavy atom. The quantitative estimate of drug-likeness (QED) is 0.580. The van der Waals surface area contributed by atoms with E-state index in [0.717, 1.165) is 0 Å². The van der Waals surface area contributed by atoms with Crippen LogP contribution in [0.25, 0.3) is 0 Å². The standard InChI is InChI=1S/C7H12O4.Ba.2H/c1-7(2,3)4(5(8)9)6(10)11;;;/h4H,1-3H3,(H,8,9)(H,10,11);;;/q;+2;2*-1. The molecule has 0 aromatic rings. The Balaban J connectivity index is -0.000000167. The number of hydrogen-bond donors (Lipinski definition) is 2. The van der Waals surface area contributed by atoms with Crippen LogP contribution in [0.1, 0.15) is 23.6 Å². The number of carbonyl (C=O) groups is 2. The third kappa shape index (κ3) is 4.52. The summed E-state index contributed by atoms with van der Waals surface area (Å²) in [4.78, 5) is 20.8. The summed E-state index contributed by atoms with van der Waals surface area (Å²) in [5, 5.41) is 17.0. The van der Waals surface area contributed by atoms with Gasteiger partial charge in [0.2, 0.25) is 0 Å². The van der Waals surface area contributed by atoms with Gasteiger partial charge in [-0.05, 0) is 5.41 Å². The van der Waals surface area contributed by atoms with Crippen molar-refractivity contribution >= 4 is 60.8 Å². The van der Waals surface area contributed by atoms with Crippen molar-refractivity contribution in [2.24, 2.45) is 11.3 Å². The zero-order valence-corrected chi connectivity index (χ0v) is 11.9. The number of rotatable bonds is 2. The van der Waals surface area contributed by atoms with Crippen LogP contribution in [-0.2, 0) is 9.59 Å². The van der Waals surface area contributed by atoms with Crippen LogP contribution in [0.2, 0.25) is 0 Å². The van der Waals surface area contributed by atoms with Gasteiger partial charge < -0.3 is 13.1 Å². The molecular formula is C7H14BaO4. The Labute approximate surface area is 114 Å². The Kier molecular flexibility index (Phi) is 6.61. The molecule has 0 bridgehead atoms. The molecule has 0 aliphatic heterocycles. The van der Waals surface area contributed by atoms with E-state index < -0.39 is 23.3 Å². The smallest absolute Gasteiger partial charge is 1.00 e. The van der Waals surface area contributed by atoms with Crippen molar-refractivity contribution in [1.82, 2.24) is 0 Å². The largest absolute Gasteiger partial charge is 2.00 e. The minimum atomic E-state index is -1.33. The molecule has 0 spiro atoms. The van der Waals surface area contributed by atoms with Gasteiger partial charge in [0.25, 0.3) is 0 Å². The molecule has 0 aromatic heterocycles. The van der Waals surface area contributed by atoms with Crippen LogP contribution in [0, 0.1) is 11.3 Å². The average molecular weight is 300 g/mol. The first kappa shape index (κ1) is 15.0. The minimum Gasteiger partial charge on any atom is -1.00 e. The third-order valence-corrected chi connectivity index (χ3v) is 1.36. The van der Waals surface area contributed by atoms with Gasteiger partial charge in [0, 0.05) is 0 Å². The average Bonchev–Trinajstić information content (AvgIpc) is 1.54. The second kappa shape index (κ2) is 5.29. The predicted molar refractivity (Wildman–Crippen MR) is 46.2 cm³/mol. The summed E-state index contributed by atoms with van der Waals surface area (Å²) in [5.41, 5.74) is -0.738. The van der Waals surface area contributed by atoms with Crippen LogP contribution in [0.15, 0.2) is 0 Å². The van der Waals surface area contributed by atoms with Crippen molar-refractivity contribution in [3.05, 3.63) is 0 Å². The summed E-state index contributed by atoms with van der Waals surface area (Å²) >= 11 is 0. The van der Waals surface area contributed by atoms with Crippen molar-refractivity contribution in [3.63, 3.8) is 0 Å². The van der Waals surface area contributed by atoms with E-state index in [1.807, 2.05) is 0 Å².